The van der Waals surface area contributed by atoms with Crippen LogP contribution in [0.5, 0.6) is 11.5 Å². The van der Waals surface area contributed by atoms with Crippen LogP contribution in [0.1, 0.15) is 0 Å². The zero-order valence-corrected chi connectivity index (χ0v) is 14.4. The lowest BCUT2D eigenvalue weighted by Gasteiger charge is -2.14. The highest BCUT2D eigenvalue weighted by molar-refractivity contribution is 7.86. The summed E-state index contributed by atoms with van der Waals surface area (Å²) >= 11 is 0. The summed E-state index contributed by atoms with van der Waals surface area (Å²) in [6.45, 7) is 0. The van der Waals surface area contributed by atoms with Crippen molar-refractivity contribution in [2.45, 2.75) is 4.90 Å². The fourth-order valence-electron chi connectivity index (χ4n) is 2.48. The van der Waals surface area contributed by atoms with Gasteiger partial charge in [0.25, 0.3) is 10.1 Å². The molecule has 0 radical (unpaired) electrons. The maximum Gasteiger partial charge on any atom is 0.296 e. The number of benzene rings is 3. The molecule has 0 heterocycles. The van der Waals surface area contributed by atoms with Crippen molar-refractivity contribution in [2.24, 2.45) is 10.2 Å². The summed E-state index contributed by atoms with van der Waals surface area (Å²) in [5.41, 5.74) is 2.76. The lowest BCUT2D eigenvalue weighted by Crippen LogP contribution is -2.05. The van der Waals surface area contributed by atoms with E-state index in [0.717, 1.165) is 0 Å². The number of nitrogens with zero attached hydrogens (tertiary/aromatic N) is 2. The molecule has 0 fully saturated rings. The maximum absolute atomic E-state index is 11.6. The molecule has 0 aliphatic rings. The van der Waals surface area contributed by atoms with Crippen LogP contribution in [0, 0.1) is 0 Å². The van der Waals surface area contributed by atoms with E-state index in [1.54, 1.807) is 42.5 Å². The molecule has 0 aliphatic carbocycles. The van der Waals surface area contributed by atoms with E-state index in [4.69, 9.17) is 4.84 Å². The van der Waals surface area contributed by atoms with Crippen LogP contribution >= 0.6 is 0 Å². The normalized spacial score (nSPS) is 11.8. The summed E-state index contributed by atoms with van der Waals surface area (Å²) in [5.74, 6) is 0.104. The van der Waals surface area contributed by atoms with Crippen LogP contribution in [0.4, 0.5) is 11.4 Å². The molecule has 0 atom stereocenters. The number of para-hydroxylation sites is 1. The predicted molar refractivity (Wildman–Crippen MR) is 96.6 cm³/mol. The Labute approximate surface area is 149 Å². The molecule has 3 N–H and O–H groups in total. The molecule has 3 rings (SSSR count). The van der Waals surface area contributed by atoms with Crippen molar-refractivity contribution in [1.82, 2.24) is 0 Å². The van der Waals surface area contributed by atoms with Gasteiger partial charge in [-0.3, -0.25) is 4.55 Å². The molecule has 26 heavy (non-hydrogen) atoms. The summed E-state index contributed by atoms with van der Waals surface area (Å²) in [6, 6.07) is 15.0. The summed E-state index contributed by atoms with van der Waals surface area (Å²) in [7, 11) is -3.28. The zero-order chi connectivity index (χ0) is 18.7. The van der Waals surface area contributed by atoms with Crippen molar-refractivity contribution in [3.8, 4) is 11.5 Å². The van der Waals surface area contributed by atoms with Gasteiger partial charge in [-0.25, -0.2) is 5.48 Å². The monoisotopic (exact) mass is 373 g/mol. The van der Waals surface area contributed by atoms with Crippen molar-refractivity contribution >= 4 is 32.3 Å². The zero-order valence-electron chi connectivity index (χ0n) is 13.6. The van der Waals surface area contributed by atoms with E-state index >= 15 is 0 Å². The Balaban J connectivity index is 2.16. The van der Waals surface area contributed by atoms with Crippen LogP contribution in [0.3, 0.4) is 0 Å². The third-order valence-corrected chi connectivity index (χ3v) is 4.44. The van der Waals surface area contributed by atoms with Gasteiger partial charge in [0, 0.05) is 7.05 Å². The molecule has 9 heteroatoms. The van der Waals surface area contributed by atoms with E-state index in [1.807, 2.05) is 6.07 Å². The smallest absolute Gasteiger partial charge is 0.296 e. The van der Waals surface area contributed by atoms with Crippen molar-refractivity contribution in [1.29, 1.82) is 0 Å². The van der Waals surface area contributed by atoms with Gasteiger partial charge < -0.3 is 9.94 Å². The molecule has 0 unspecified atom stereocenters. The quantitative estimate of drug-likeness (QED) is 0.354. The van der Waals surface area contributed by atoms with E-state index in [2.05, 4.69) is 15.7 Å². The number of hydrogen-bond donors (Lipinski definition) is 3. The predicted octanol–water partition coefficient (Wildman–Crippen LogP) is 3.91. The number of nitrogens with one attached hydrogen (secondary N) is 1. The van der Waals surface area contributed by atoms with Crippen molar-refractivity contribution in [3.63, 3.8) is 0 Å². The lowest BCUT2D eigenvalue weighted by atomic mass is 10.1. The fraction of sp³-hybridized carbons (Fsp3) is 0.0588. The average molecular weight is 373 g/mol. The third-order valence-electron chi connectivity index (χ3n) is 3.58. The molecule has 8 nitrogen and oxygen atoms in total. The van der Waals surface area contributed by atoms with Crippen LogP contribution in [-0.4, -0.2) is 25.1 Å². The number of aromatic hydroxyl groups is 1. The van der Waals surface area contributed by atoms with Crippen LogP contribution < -0.4 is 10.3 Å². The minimum absolute atomic E-state index is 0.276. The van der Waals surface area contributed by atoms with Gasteiger partial charge in [-0.05, 0) is 29.7 Å². The standard InChI is InChI=1S/C17H15N3O5S/c1-18-19-16-14(26(22,23)24)10-11-6-5-9-13(15(11)17(16)21)20-25-12-7-3-2-4-8-12/h2-10,20-21H,1H3,(H,22,23,24)/b19-18+. The van der Waals surface area contributed by atoms with Crippen molar-refractivity contribution < 1.29 is 22.9 Å². The number of phenolic OH excluding ortho intramolecular Hbond substituents is 1. The van der Waals surface area contributed by atoms with Crippen LogP contribution in [-0.2, 0) is 10.1 Å². The van der Waals surface area contributed by atoms with Gasteiger partial charge in [0.1, 0.15) is 10.6 Å². The second-order valence-electron chi connectivity index (χ2n) is 5.27. The van der Waals surface area contributed by atoms with Crippen LogP contribution in [0.15, 0.2) is 69.7 Å². The largest absolute Gasteiger partial charge is 0.505 e. The van der Waals surface area contributed by atoms with Gasteiger partial charge >= 0.3 is 0 Å². The van der Waals surface area contributed by atoms with Crippen molar-refractivity contribution in [3.05, 3.63) is 54.6 Å². The van der Waals surface area contributed by atoms with Crippen LogP contribution in [0.25, 0.3) is 10.8 Å². The van der Waals surface area contributed by atoms with Gasteiger partial charge in [0.05, 0.1) is 11.1 Å². The van der Waals surface area contributed by atoms with Gasteiger partial charge in [0.15, 0.2) is 11.5 Å². The third kappa shape index (κ3) is 3.44. The summed E-state index contributed by atoms with van der Waals surface area (Å²) in [4.78, 5) is 4.94. The Hall–Kier alpha value is -3.17. The first-order valence-electron chi connectivity index (χ1n) is 7.45. The lowest BCUT2D eigenvalue weighted by molar-refractivity contribution is 0.405. The van der Waals surface area contributed by atoms with E-state index in [0.29, 0.717) is 16.8 Å². The minimum Gasteiger partial charge on any atom is -0.505 e. The van der Waals surface area contributed by atoms with Gasteiger partial charge in [-0.1, -0.05) is 30.3 Å². The SMILES string of the molecule is C/N=N/c1c(S(=O)(=O)O)cc2cccc(NOc3ccccc3)c2c1O. The van der Waals surface area contributed by atoms with E-state index in [-0.39, 0.29) is 11.1 Å². The topological polar surface area (TPSA) is 121 Å². The molecule has 0 bridgehead atoms. The molecule has 3 aromatic rings. The highest BCUT2D eigenvalue weighted by Crippen LogP contribution is 2.43. The Morgan fingerprint density at radius 1 is 1.08 bits per heavy atom. The fourth-order valence-corrected chi connectivity index (χ4v) is 3.14. The number of fused-ring (bicyclic) bond motifs is 1. The Morgan fingerprint density at radius 2 is 1.81 bits per heavy atom. The molecule has 3 aromatic carbocycles. The molecular formula is C17H15N3O5S. The maximum atomic E-state index is 11.6. The van der Waals surface area contributed by atoms with Gasteiger partial charge in [-0.2, -0.15) is 18.6 Å². The molecular weight excluding hydrogens is 358 g/mol. The second-order valence-corrected chi connectivity index (χ2v) is 6.66. The molecule has 0 spiro atoms. The van der Waals surface area contributed by atoms with Crippen molar-refractivity contribution in [2.75, 3.05) is 12.5 Å². The van der Waals surface area contributed by atoms with Gasteiger partial charge in [-0.15, -0.1) is 0 Å². The van der Waals surface area contributed by atoms with E-state index < -0.39 is 20.8 Å². The number of azo groups is 1. The molecule has 0 saturated heterocycles. The molecule has 0 saturated carbocycles. The summed E-state index contributed by atoms with van der Waals surface area (Å²) in [5, 5.41) is 18.4. The first-order valence-corrected chi connectivity index (χ1v) is 8.89. The molecule has 0 aliphatic heterocycles. The Kier molecular flexibility index (Phi) is 4.74. The highest BCUT2D eigenvalue weighted by Gasteiger charge is 2.23. The summed E-state index contributed by atoms with van der Waals surface area (Å²) in [6.07, 6.45) is 0. The molecule has 134 valence electrons. The highest BCUT2D eigenvalue weighted by atomic mass is 32.2. The number of anilines is 1. The number of hydrogen-bond acceptors (Lipinski definition) is 7. The first-order chi connectivity index (χ1) is 12.4. The molecule has 0 aromatic heterocycles. The molecule has 0 amide bonds. The second kappa shape index (κ2) is 6.98. The number of rotatable bonds is 5. The van der Waals surface area contributed by atoms with E-state index in [9.17, 15) is 18.1 Å². The minimum atomic E-state index is -4.60. The average Bonchev–Trinajstić information content (AvgIpc) is 2.62. The van der Waals surface area contributed by atoms with E-state index in [1.165, 1.54) is 13.1 Å². The van der Waals surface area contributed by atoms with Gasteiger partial charge in [0.2, 0.25) is 0 Å². The number of phenols is 1. The Morgan fingerprint density at radius 3 is 2.46 bits per heavy atom. The van der Waals surface area contributed by atoms with Crippen LogP contribution in [0.2, 0.25) is 0 Å². The summed E-state index contributed by atoms with van der Waals surface area (Å²) < 4.78 is 32.7. The first kappa shape index (κ1) is 17.6. The Bertz CT molecular complexity index is 1080.